The van der Waals surface area contributed by atoms with E-state index in [2.05, 4.69) is 5.32 Å². The maximum absolute atomic E-state index is 12.9. The first kappa shape index (κ1) is 23.6. The third kappa shape index (κ3) is 6.02. The molecule has 2 aromatic carbocycles. The first-order chi connectivity index (χ1) is 14.2. The lowest BCUT2D eigenvalue weighted by Crippen LogP contribution is -2.45. The molecule has 10 heteroatoms. The Labute approximate surface area is 196 Å². The number of hydrogen-bond donors (Lipinski definition) is 1. The molecule has 0 aromatic heterocycles. The zero-order chi connectivity index (χ0) is 21.9. The Kier molecular flexibility index (Phi) is 7.93. The number of carbonyl (C=O) groups excluding carboxylic acids is 1. The van der Waals surface area contributed by atoms with Crippen molar-refractivity contribution in [3.8, 4) is 0 Å². The van der Waals surface area contributed by atoms with Gasteiger partial charge in [-0.1, -0.05) is 58.5 Å². The van der Waals surface area contributed by atoms with Gasteiger partial charge < -0.3 is 5.32 Å². The molecule has 1 heterocycles. The average molecular weight is 510 g/mol. The maximum atomic E-state index is 12.9. The van der Waals surface area contributed by atoms with E-state index >= 15 is 0 Å². The smallest absolute Gasteiger partial charge is 0.224 e. The largest absolute Gasteiger partial charge is 0.352 e. The molecule has 1 aliphatic heterocycles. The summed E-state index contributed by atoms with van der Waals surface area (Å²) in [6, 6.07) is 9.78. The zero-order valence-electron chi connectivity index (χ0n) is 15.9. The number of carbonyl (C=O) groups is 1. The Bertz CT molecular complexity index is 1050. The molecule has 1 unspecified atom stereocenters. The predicted molar refractivity (Wildman–Crippen MR) is 122 cm³/mol. The lowest BCUT2D eigenvalue weighted by molar-refractivity contribution is -0.126. The number of piperidine rings is 1. The quantitative estimate of drug-likeness (QED) is 0.584. The monoisotopic (exact) mass is 508 g/mol. The molecule has 1 atom stereocenters. The second-order valence-electron chi connectivity index (χ2n) is 7.14. The Morgan fingerprint density at radius 2 is 1.60 bits per heavy atom. The first-order valence-corrected chi connectivity index (χ1v) is 12.4. The van der Waals surface area contributed by atoms with Crippen molar-refractivity contribution >= 4 is 62.3 Å². The molecule has 0 saturated carbocycles. The number of nitrogens with zero attached hydrogens (tertiary/aromatic N) is 1. The highest BCUT2D eigenvalue weighted by Crippen LogP contribution is 2.27. The van der Waals surface area contributed by atoms with E-state index in [0.717, 1.165) is 5.56 Å². The van der Waals surface area contributed by atoms with Gasteiger partial charge in [0.25, 0.3) is 0 Å². The van der Waals surface area contributed by atoms with E-state index in [4.69, 9.17) is 46.4 Å². The molecule has 5 nitrogen and oxygen atoms in total. The van der Waals surface area contributed by atoms with Crippen LogP contribution < -0.4 is 5.32 Å². The summed E-state index contributed by atoms with van der Waals surface area (Å²) < 4.78 is 27.1. The molecular weight excluding hydrogens is 490 g/mol. The SMILES string of the molecule is O=C(NCc1ccc(Cl)cc1Cl)C1CCCN(S(=O)(=O)Cc2ccc(Cl)cc2Cl)C1. The van der Waals surface area contributed by atoms with Gasteiger partial charge in [0.1, 0.15) is 0 Å². The zero-order valence-corrected chi connectivity index (χ0v) is 19.7. The molecule has 1 saturated heterocycles. The molecule has 0 radical (unpaired) electrons. The molecule has 1 N–H and O–H groups in total. The summed E-state index contributed by atoms with van der Waals surface area (Å²) in [7, 11) is -3.63. The van der Waals surface area contributed by atoms with E-state index in [-0.39, 0.29) is 24.7 Å². The number of amides is 1. The summed E-state index contributed by atoms with van der Waals surface area (Å²) in [4.78, 5) is 12.6. The molecule has 0 bridgehead atoms. The van der Waals surface area contributed by atoms with Crippen LogP contribution in [0.15, 0.2) is 36.4 Å². The fourth-order valence-corrected chi connectivity index (χ4v) is 6.00. The number of hydrogen-bond acceptors (Lipinski definition) is 3. The Hall–Kier alpha value is -1.02. The van der Waals surface area contributed by atoms with Crippen molar-refractivity contribution in [2.24, 2.45) is 5.92 Å². The molecule has 1 aliphatic rings. The molecule has 2 aromatic rings. The molecule has 1 amide bonds. The molecule has 1 fully saturated rings. The van der Waals surface area contributed by atoms with Crippen LogP contribution in [0.25, 0.3) is 0 Å². The summed E-state index contributed by atoms with van der Waals surface area (Å²) in [5, 5.41) is 4.57. The van der Waals surface area contributed by atoms with Crippen molar-refractivity contribution in [2.75, 3.05) is 13.1 Å². The third-order valence-corrected chi connectivity index (χ3v) is 7.94. The van der Waals surface area contributed by atoms with Gasteiger partial charge in [0.05, 0.1) is 11.7 Å². The second-order valence-corrected chi connectivity index (χ2v) is 10.8. The summed E-state index contributed by atoms with van der Waals surface area (Å²) in [5.41, 5.74) is 1.22. The van der Waals surface area contributed by atoms with Crippen LogP contribution >= 0.6 is 46.4 Å². The van der Waals surface area contributed by atoms with Crippen LogP contribution in [0.2, 0.25) is 20.1 Å². The highest BCUT2D eigenvalue weighted by Gasteiger charge is 2.32. The summed E-state index contributed by atoms with van der Waals surface area (Å²) in [6.07, 6.45) is 1.22. The van der Waals surface area contributed by atoms with E-state index in [1.165, 1.54) is 10.4 Å². The number of nitrogens with one attached hydrogen (secondary N) is 1. The number of rotatable bonds is 6. The Morgan fingerprint density at radius 1 is 1.00 bits per heavy atom. The van der Waals surface area contributed by atoms with Crippen LogP contribution in [-0.2, 0) is 27.1 Å². The van der Waals surface area contributed by atoms with E-state index < -0.39 is 15.9 Å². The molecule has 30 heavy (non-hydrogen) atoms. The van der Waals surface area contributed by atoms with Gasteiger partial charge in [0, 0.05) is 39.7 Å². The van der Waals surface area contributed by atoms with Gasteiger partial charge in [-0.3, -0.25) is 4.79 Å². The normalized spacial score (nSPS) is 17.7. The molecule has 0 aliphatic carbocycles. The van der Waals surface area contributed by atoms with Crippen LogP contribution in [0.5, 0.6) is 0 Å². The molecular formula is C20H20Cl4N2O3S. The molecule has 3 rings (SSSR count). The Morgan fingerprint density at radius 3 is 2.20 bits per heavy atom. The number of halogens is 4. The van der Waals surface area contributed by atoms with Crippen LogP contribution in [0, 0.1) is 5.92 Å². The van der Waals surface area contributed by atoms with E-state index in [9.17, 15) is 13.2 Å². The lowest BCUT2D eigenvalue weighted by atomic mass is 9.99. The van der Waals surface area contributed by atoms with E-state index in [0.29, 0.717) is 45.0 Å². The van der Waals surface area contributed by atoms with Gasteiger partial charge in [0.15, 0.2) is 0 Å². The van der Waals surface area contributed by atoms with Crippen molar-refractivity contribution < 1.29 is 13.2 Å². The van der Waals surface area contributed by atoms with E-state index in [1.807, 2.05) is 0 Å². The Balaban J connectivity index is 1.62. The fourth-order valence-electron chi connectivity index (χ4n) is 3.33. The van der Waals surface area contributed by atoms with Crippen LogP contribution in [0.1, 0.15) is 24.0 Å². The van der Waals surface area contributed by atoms with Crippen molar-refractivity contribution in [1.29, 1.82) is 0 Å². The van der Waals surface area contributed by atoms with Gasteiger partial charge in [-0.05, 0) is 48.2 Å². The van der Waals surface area contributed by atoms with Crippen LogP contribution in [0.3, 0.4) is 0 Å². The fraction of sp³-hybridized carbons (Fsp3) is 0.350. The summed E-state index contributed by atoms with van der Waals surface area (Å²) >= 11 is 24.0. The molecule has 162 valence electrons. The summed E-state index contributed by atoms with van der Waals surface area (Å²) in [5.74, 6) is -0.872. The second kappa shape index (κ2) is 10.1. The minimum absolute atomic E-state index is 0.133. The predicted octanol–water partition coefficient (Wildman–Crippen LogP) is 5.16. The van der Waals surface area contributed by atoms with Gasteiger partial charge in [0.2, 0.25) is 15.9 Å². The number of sulfonamides is 1. The van der Waals surface area contributed by atoms with Crippen molar-refractivity contribution in [2.45, 2.75) is 25.1 Å². The van der Waals surface area contributed by atoms with Gasteiger partial charge in [-0.15, -0.1) is 0 Å². The van der Waals surface area contributed by atoms with Crippen molar-refractivity contribution in [3.05, 3.63) is 67.6 Å². The minimum atomic E-state index is -3.63. The van der Waals surface area contributed by atoms with Gasteiger partial charge >= 0.3 is 0 Å². The number of benzene rings is 2. The molecule has 0 spiro atoms. The first-order valence-electron chi connectivity index (χ1n) is 9.29. The van der Waals surface area contributed by atoms with Crippen LogP contribution in [0.4, 0.5) is 0 Å². The third-order valence-electron chi connectivity index (χ3n) is 4.97. The topological polar surface area (TPSA) is 66.5 Å². The lowest BCUT2D eigenvalue weighted by Gasteiger charge is -2.31. The van der Waals surface area contributed by atoms with E-state index in [1.54, 1.807) is 30.3 Å². The minimum Gasteiger partial charge on any atom is -0.352 e. The van der Waals surface area contributed by atoms with Crippen LogP contribution in [-0.4, -0.2) is 31.7 Å². The van der Waals surface area contributed by atoms with Crippen molar-refractivity contribution in [1.82, 2.24) is 9.62 Å². The standard InChI is InChI=1S/C20H20Cl4N2O3S/c21-16-5-3-13(18(23)8-16)10-25-20(27)14-2-1-7-26(11-14)30(28,29)12-15-4-6-17(22)9-19(15)24/h3-6,8-9,14H,1-2,7,10-12H2,(H,25,27). The highest BCUT2D eigenvalue weighted by atomic mass is 35.5. The van der Waals surface area contributed by atoms with Gasteiger partial charge in [-0.2, -0.15) is 0 Å². The summed E-state index contributed by atoms with van der Waals surface area (Å²) in [6.45, 7) is 0.756. The van der Waals surface area contributed by atoms with Crippen molar-refractivity contribution in [3.63, 3.8) is 0 Å². The van der Waals surface area contributed by atoms with Gasteiger partial charge in [-0.25, -0.2) is 12.7 Å². The average Bonchev–Trinajstić information content (AvgIpc) is 2.69. The maximum Gasteiger partial charge on any atom is 0.224 e. The highest BCUT2D eigenvalue weighted by molar-refractivity contribution is 7.88.